The van der Waals surface area contributed by atoms with Gasteiger partial charge in [-0.3, -0.25) is 4.90 Å². The molecule has 1 fully saturated rings. The zero-order valence-electron chi connectivity index (χ0n) is 12.9. The third kappa shape index (κ3) is 3.74. The maximum Gasteiger partial charge on any atom is 0.119 e. The molecule has 1 aliphatic heterocycles. The average Bonchev–Trinajstić information content (AvgIpc) is 2.88. The smallest absolute Gasteiger partial charge is 0.119 e. The molecule has 0 radical (unpaired) electrons. The topological polar surface area (TPSA) is 32.7 Å². The Kier molecular flexibility index (Phi) is 5.44. The van der Waals surface area contributed by atoms with Gasteiger partial charge < -0.3 is 9.84 Å². The first kappa shape index (κ1) is 15.3. The number of likely N-dealkylation sites (tertiary alicyclic amines) is 1. The third-order valence-electron chi connectivity index (χ3n) is 4.17. The maximum absolute atomic E-state index is 10.4. The molecule has 2 unspecified atom stereocenters. The molecule has 2 rings (SSSR count). The summed E-state index contributed by atoms with van der Waals surface area (Å²) in [7, 11) is 0. The van der Waals surface area contributed by atoms with Crippen LogP contribution in [0.3, 0.4) is 0 Å². The molecule has 1 aromatic rings. The Bertz CT molecular complexity index is 402. The van der Waals surface area contributed by atoms with Crippen LogP contribution in [0.5, 0.6) is 5.75 Å². The molecule has 3 nitrogen and oxygen atoms in total. The molecular formula is C17H27NO2. The molecule has 0 spiro atoms. The summed E-state index contributed by atoms with van der Waals surface area (Å²) in [5, 5.41) is 10.4. The van der Waals surface area contributed by atoms with Gasteiger partial charge in [0.1, 0.15) is 5.75 Å². The number of hydrogen-bond donors (Lipinski definition) is 1. The van der Waals surface area contributed by atoms with Crippen LogP contribution < -0.4 is 4.74 Å². The van der Waals surface area contributed by atoms with E-state index in [1.165, 1.54) is 12.8 Å². The fourth-order valence-electron chi connectivity index (χ4n) is 3.11. The second kappa shape index (κ2) is 7.09. The molecule has 0 aliphatic carbocycles. The van der Waals surface area contributed by atoms with E-state index in [0.717, 1.165) is 24.4 Å². The highest BCUT2D eigenvalue weighted by Gasteiger charge is 2.28. The van der Waals surface area contributed by atoms with Gasteiger partial charge in [0.2, 0.25) is 0 Å². The van der Waals surface area contributed by atoms with Gasteiger partial charge in [0, 0.05) is 12.6 Å². The first-order valence-corrected chi connectivity index (χ1v) is 7.76. The first-order valence-electron chi connectivity index (χ1n) is 7.76. The number of rotatable bonds is 6. The summed E-state index contributed by atoms with van der Waals surface area (Å²) >= 11 is 0. The van der Waals surface area contributed by atoms with Gasteiger partial charge in [-0.25, -0.2) is 0 Å². The largest absolute Gasteiger partial charge is 0.494 e. The van der Waals surface area contributed by atoms with E-state index in [4.69, 9.17) is 4.74 Å². The van der Waals surface area contributed by atoms with Gasteiger partial charge in [0.15, 0.2) is 0 Å². The molecule has 0 amide bonds. The van der Waals surface area contributed by atoms with Crippen LogP contribution in [-0.2, 0) is 0 Å². The van der Waals surface area contributed by atoms with Crippen molar-refractivity contribution in [2.45, 2.75) is 45.8 Å². The summed E-state index contributed by atoms with van der Waals surface area (Å²) in [5.74, 6) is 1.52. The van der Waals surface area contributed by atoms with E-state index in [2.05, 4.69) is 18.7 Å². The van der Waals surface area contributed by atoms with Crippen LogP contribution in [0.15, 0.2) is 24.3 Å². The summed E-state index contributed by atoms with van der Waals surface area (Å²) in [6.45, 7) is 9.03. The van der Waals surface area contributed by atoms with Crippen LogP contribution >= 0.6 is 0 Å². The zero-order valence-corrected chi connectivity index (χ0v) is 12.9. The Morgan fingerprint density at radius 1 is 1.30 bits per heavy atom. The van der Waals surface area contributed by atoms with E-state index in [0.29, 0.717) is 18.6 Å². The molecule has 1 aliphatic rings. The van der Waals surface area contributed by atoms with Crippen LogP contribution in [0.1, 0.15) is 45.3 Å². The lowest BCUT2D eigenvalue weighted by Crippen LogP contribution is -2.36. The SMILES string of the molecule is CCOc1ccc(C(O)CN2CCCC2C(C)C)cc1. The number of nitrogens with zero attached hydrogens (tertiary/aromatic N) is 1. The van der Waals surface area contributed by atoms with Gasteiger partial charge in [-0.1, -0.05) is 26.0 Å². The Balaban J connectivity index is 1.95. The highest BCUT2D eigenvalue weighted by molar-refractivity contribution is 5.28. The lowest BCUT2D eigenvalue weighted by atomic mass is 10.0. The van der Waals surface area contributed by atoms with E-state index in [1.807, 2.05) is 31.2 Å². The van der Waals surface area contributed by atoms with Crippen LogP contribution in [-0.4, -0.2) is 35.7 Å². The van der Waals surface area contributed by atoms with E-state index in [1.54, 1.807) is 0 Å². The normalized spacial score (nSPS) is 21.4. The minimum Gasteiger partial charge on any atom is -0.494 e. The Morgan fingerprint density at radius 3 is 2.60 bits per heavy atom. The summed E-state index contributed by atoms with van der Waals surface area (Å²) in [6, 6.07) is 8.43. The lowest BCUT2D eigenvalue weighted by Gasteiger charge is -2.29. The summed E-state index contributed by atoms with van der Waals surface area (Å²) in [4.78, 5) is 2.44. The Labute approximate surface area is 122 Å². The zero-order chi connectivity index (χ0) is 14.5. The lowest BCUT2D eigenvalue weighted by molar-refractivity contribution is 0.0938. The highest BCUT2D eigenvalue weighted by atomic mass is 16.5. The Hall–Kier alpha value is -1.06. The summed E-state index contributed by atoms with van der Waals surface area (Å²) in [6.07, 6.45) is 2.09. The predicted octanol–water partition coefficient (Wildman–Crippen LogP) is 3.24. The molecule has 2 atom stereocenters. The summed E-state index contributed by atoms with van der Waals surface area (Å²) in [5.41, 5.74) is 0.975. The monoisotopic (exact) mass is 277 g/mol. The molecule has 1 N–H and O–H groups in total. The van der Waals surface area contributed by atoms with Gasteiger partial charge >= 0.3 is 0 Å². The van der Waals surface area contributed by atoms with Crippen LogP contribution in [0.4, 0.5) is 0 Å². The van der Waals surface area contributed by atoms with E-state index in [-0.39, 0.29) is 0 Å². The van der Waals surface area contributed by atoms with E-state index >= 15 is 0 Å². The van der Waals surface area contributed by atoms with E-state index < -0.39 is 6.10 Å². The molecule has 0 saturated carbocycles. The minimum absolute atomic E-state index is 0.412. The molecular weight excluding hydrogens is 250 g/mol. The van der Waals surface area contributed by atoms with Crippen molar-refractivity contribution in [3.63, 3.8) is 0 Å². The van der Waals surface area contributed by atoms with Crippen LogP contribution in [0, 0.1) is 5.92 Å². The molecule has 1 heterocycles. The number of aliphatic hydroxyl groups excluding tert-OH is 1. The van der Waals surface area contributed by atoms with Gasteiger partial charge in [-0.05, 0) is 49.9 Å². The number of benzene rings is 1. The number of hydrogen-bond acceptors (Lipinski definition) is 3. The second-order valence-corrected chi connectivity index (χ2v) is 5.97. The molecule has 112 valence electrons. The molecule has 20 heavy (non-hydrogen) atoms. The van der Waals surface area contributed by atoms with Crippen molar-refractivity contribution in [1.82, 2.24) is 4.90 Å². The molecule has 1 saturated heterocycles. The quantitative estimate of drug-likeness (QED) is 0.866. The fourth-order valence-corrected chi connectivity index (χ4v) is 3.11. The minimum atomic E-state index is -0.412. The van der Waals surface area contributed by atoms with Crippen molar-refractivity contribution < 1.29 is 9.84 Å². The average molecular weight is 277 g/mol. The first-order chi connectivity index (χ1) is 9.61. The maximum atomic E-state index is 10.4. The van der Waals surface area contributed by atoms with Gasteiger partial charge in [0.05, 0.1) is 12.7 Å². The van der Waals surface area contributed by atoms with Crippen molar-refractivity contribution >= 4 is 0 Å². The number of β-amino-alcohol motifs (C(OH)–C–C–N with tert-alkyl or cyclic N) is 1. The highest BCUT2D eigenvalue weighted by Crippen LogP contribution is 2.27. The second-order valence-electron chi connectivity index (χ2n) is 5.97. The molecule has 3 heteroatoms. The number of aliphatic hydroxyl groups is 1. The van der Waals surface area contributed by atoms with Crippen molar-refractivity contribution in [3.8, 4) is 5.75 Å². The van der Waals surface area contributed by atoms with Crippen molar-refractivity contribution in [2.24, 2.45) is 5.92 Å². The Morgan fingerprint density at radius 2 is 2.00 bits per heavy atom. The molecule has 0 bridgehead atoms. The fraction of sp³-hybridized carbons (Fsp3) is 0.647. The molecule has 1 aromatic carbocycles. The predicted molar refractivity (Wildman–Crippen MR) is 82.0 cm³/mol. The third-order valence-corrected chi connectivity index (χ3v) is 4.17. The van der Waals surface area contributed by atoms with Gasteiger partial charge in [-0.15, -0.1) is 0 Å². The van der Waals surface area contributed by atoms with Crippen molar-refractivity contribution in [1.29, 1.82) is 0 Å². The van der Waals surface area contributed by atoms with Gasteiger partial charge in [-0.2, -0.15) is 0 Å². The molecule has 0 aromatic heterocycles. The standard InChI is InChI=1S/C17H27NO2/c1-4-20-15-9-7-14(8-10-15)17(19)12-18-11-5-6-16(18)13(2)3/h7-10,13,16-17,19H,4-6,11-12H2,1-3H3. The van der Waals surface area contributed by atoms with Crippen LogP contribution in [0.2, 0.25) is 0 Å². The van der Waals surface area contributed by atoms with Crippen molar-refractivity contribution in [2.75, 3.05) is 19.7 Å². The summed E-state index contributed by atoms with van der Waals surface area (Å²) < 4.78 is 5.43. The van der Waals surface area contributed by atoms with Crippen molar-refractivity contribution in [3.05, 3.63) is 29.8 Å². The van der Waals surface area contributed by atoms with Crippen LogP contribution in [0.25, 0.3) is 0 Å². The number of ether oxygens (including phenoxy) is 1. The van der Waals surface area contributed by atoms with E-state index in [9.17, 15) is 5.11 Å². The van der Waals surface area contributed by atoms with Gasteiger partial charge in [0.25, 0.3) is 0 Å².